The van der Waals surface area contributed by atoms with Crippen LogP contribution >= 0.6 is 11.6 Å². The molecule has 0 aliphatic heterocycles. The van der Waals surface area contributed by atoms with Crippen molar-refractivity contribution in [3.8, 4) is 0 Å². The minimum absolute atomic E-state index is 0.0620. The Balaban J connectivity index is 2.44. The number of hydrogen-bond acceptors (Lipinski definition) is 1. The maximum atomic E-state index is 13.4. The fraction of sp³-hybridized carbons (Fsp3) is 0.200. The zero-order valence-electron chi connectivity index (χ0n) is 10.2. The standard InChI is InChI=1S/C15H14ClFO/c1-9-4-3-5-12(10(9)2)15(18)11-6-7-13(16)14(17)8-11/h3-8,15,18H,1-2H3. The lowest BCUT2D eigenvalue weighted by atomic mass is 9.95. The summed E-state index contributed by atoms with van der Waals surface area (Å²) >= 11 is 5.63. The average molecular weight is 265 g/mol. The summed E-state index contributed by atoms with van der Waals surface area (Å²) in [7, 11) is 0. The van der Waals surface area contributed by atoms with Crippen LogP contribution in [0.15, 0.2) is 36.4 Å². The Hall–Kier alpha value is -1.38. The van der Waals surface area contributed by atoms with Crippen molar-refractivity contribution < 1.29 is 9.50 Å². The zero-order chi connectivity index (χ0) is 13.3. The molecule has 94 valence electrons. The largest absolute Gasteiger partial charge is 0.384 e. The van der Waals surface area contributed by atoms with Gasteiger partial charge in [-0.05, 0) is 48.2 Å². The Bertz CT molecular complexity index is 581. The number of hydrogen-bond donors (Lipinski definition) is 1. The summed E-state index contributed by atoms with van der Waals surface area (Å²) < 4.78 is 13.4. The van der Waals surface area contributed by atoms with Gasteiger partial charge in [-0.3, -0.25) is 0 Å². The summed E-state index contributed by atoms with van der Waals surface area (Å²) in [6.45, 7) is 3.92. The van der Waals surface area contributed by atoms with Gasteiger partial charge in [-0.25, -0.2) is 4.39 Å². The fourth-order valence-electron chi connectivity index (χ4n) is 1.93. The van der Waals surface area contributed by atoms with E-state index in [1.54, 1.807) is 6.07 Å². The van der Waals surface area contributed by atoms with Crippen LogP contribution in [0, 0.1) is 19.7 Å². The summed E-state index contributed by atoms with van der Waals surface area (Å²) in [5.74, 6) is -0.515. The first-order valence-corrected chi connectivity index (χ1v) is 6.07. The highest BCUT2D eigenvalue weighted by Crippen LogP contribution is 2.28. The molecule has 0 aliphatic rings. The van der Waals surface area contributed by atoms with Gasteiger partial charge in [0.25, 0.3) is 0 Å². The molecular formula is C15H14ClFO. The lowest BCUT2D eigenvalue weighted by Gasteiger charge is -2.16. The summed E-state index contributed by atoms with van der Waals surface area (Å²) in [5, 5.41) is 10.4. The molecule has 1 unspecified atom stereocenters. The molecule has 18 heavy (non-hydrogen) atoms. The number of halogens is 2. The Morgan fingerprint density at radius 3 is 2.56 bits per heavy atom. The maximum absolute atomic E-state index is 13.4. The molecule has 0 bridgehead atoms. The van der Waals surface area contributed by atoms with E-state index in [1.165, 1.54) is 12.1 Å². The number of aliphatic hydroxyl groups excluding tert-OH is 1. The zero-order valence-corrected chi connectivity index (χ0v) is 11.0. The van der Waals surface area contributed by atoms with E-state index >= 15 is 0 Å². The molecule has 0 aromatic heterocycles. The van der Waals surface area contributed by atoms with Crippen molar-refractivity contribution in [3.05, 3.63) is 69.5 Å². The van der Waals surface area contributed by atoms with Crippen LogP contribution < -0.4 is 0 Å². The number of aliphatic hydroxyl groups is 1. The van der Waals surface area contributed by atoms with E-state index in [9.17, 15) is 9.50 Å². The van der Waals surface area contributed by atoms with E-state index in [1.807, 2.05) is 32.0 Å². The van der Waals surface area contributed by atoms with E-state index in [0.29, 0.717) is 5.56 Å². The highest BCUT2D eigenvalue weighted by Gasteiger charge is 2.15. The third-order valence-electron chi connectivity index (χ3n) is 3.20. The Morgan fingerprint density at radius 2 is 1.89 bits per heavy atom. The van der Waals surface area contributed by atoms with Crippen molar-refractivity contribution in [1.82, 2.24) is 0 Å². The number of benzene rings is 2. The molecular weight excluding hydrogens is 251 g/mol. The predicted octanol–water partition coefficient (Wildman–Crippen LogP) is 4.18. The van der Waals surface area contributed by atoms with Gasteiger partial charge in [0.2, 0.25) is 0 Å². The molecule has 1 N–H and O–H groups in total. The second-order valence-electron chi connectivity index (χ2n) is 4.37. The van der Waals surface area contributed by atoms with Crippen LogP contribution in [0.3, 0.4) is 0 Å². The quantitative estimate of drug-likeness (QED) is 0.863. The predicted molar refractivity (Wildman–Crippen MR) is 71.4 cm³/mol. The minimum Gasteiger partial charge on any atom is -0.384 e. The monoisotopic (exact) mass is 264 g/mol. The van der Waals surface area contributed by atoms with Crippen LogP contribution in [0.25, 0.3) is 0 Å². The molecule has 0 radical (unpaired) electrons. The lowest BCUT2D eigenvalue weighted by molar-refractivity contribution is 0.219. The number of rotatable bonds is 2. The van der Waals surface area contributed by atoms with E-state index in [-0.39, 0.29) is 5.02 Å². The van der Waals surface area contributed by atoms with Crippen LogP contribution in [0.2, 0.25) is 5.02 Å². The summed E-state index contributed by atoms with van der Waals surface area (Å²) in [6.07, 6.45) is -0.836. The normalized spacial score (nSPS) is 12.5. The van der Waals surface area contributed by atoms with Crippen molar-refractivity contribution in [2.75, 3.05) is 0 Å². The third kappa shape index (κ3) is 2.40. The van der Waals surface area contributed by atoms with Gasteiger partial charge in [0.1, 0.15) is 11.9 Å². The molecule has 1 nitrogen and oxygen atoms in total. The second kappa shape index (κ2) is 5.09. The van der Waals surface area contributed by atoms with Gasteiger partial charge in [-0.15, -0.1) is 0 Å². The summed E-state index contributed by atoms with van der Waals surface area (Å²) in [4.78, 5) is 0. The summed E-state index contributed by atoms with van der Waals surface area (Å²) in [6, 6.07) is 10.1. The summed E-state index contributed by atoms with van der Waals surface area (Å²) in [5.41, 5.74) is 3.41. The third-order valence-corrected chi connectivity index (χ3v) is 3.51. The Morgan fingerprint density at radius 1 is 1.17 bits per heavy atom. The molecule has 0 saturated heterocycles. The highest BCUT2D eigenvalue weighted by atomic mass is 35.5. The Labute approximate surface area is 111 Å². The molecule has 0 aliphatic carbocycles. The smallest absolute Gasteiger partial charge is 0.142 e. The topological polar surface area (TPSA) is 20.2 Å². The van der Waals surface area contributed by atoms with Crippen LogP contribution in [0.1, 0.15) is 28.4 Å². The van der Waals surface area contributed by atoms with Crippen molar-refractivity contribution in [2.45, 2.75) is 20.0 Å². The van der Waals surface area contributed by atoms with Crippen molar-refractivity contribution in [2.24, 2.45) is 0 Å². The van der Waals surface area contributed by atoms with E-state index < -0.39 is 11.9 Å². The van der Waals surface area contributed by atoms with Crippen molar-refractivity contribution in [1.29, 1.82) is 0 Å². The van der Waals surface area contributed by atoms with E-state index in [2.05, 4.69) is 0 Å². The van der Waals surface area contributed by atoms with Gasteiger partial charge in [0.15, 0.2) is 0 Å². The molecule has 0 spiro atoms. The van der Waals surface area contributed by atoms with Crippen LogP contribution in [-0.2, 0) is 0 Å². The van der Waals surface area contributed by atoms with Gasteiger partial charge < -0.3 is 5.11 Å². The molecule has 3 heteroatoms. The van der Waals surface area contributed by atoms with Crippen molar-refractivity contribution in [3.63, 3.8) is 0 Å². The van der Waals surface area contributed by atoms with Gasteiger partial charge in [-0.1, -0.05) is 35.9 Å². The van der Waals surface area contributed by atoms with Gasteiger partial charge in [-0.2, -0.15) is 0 Å². The molecule has 1 atom stereocenters. The van der Waals surface area contributed by atoms with Gasteiger partial charge in [0.05, 0.1) is 5.02 Å². The fourth-order valence-corrected chi connectivity index (χ4v) is 2.05. The van der Waals surface area contributed by atoms with Crippen LogP contribution in [0.5, 0.6) is 0 Å². The second-order valence-corrected chi connectivity index (χ2v) is 4.77. The highest BCUT2D eigenvalue weighted by molar-refractivity contribution is 6.30. The Kier molecular flexibility index (Phi) is 3.69. The SMILES string of the molecule is Cc1cccc(C(O)c2ccc(Cl)c(F)c2)c1C. The molecule has 0 amide bonds. The molecule has 2 aromatic carbocycles. The molecule has 0 fully saturated rings. The van der Waals surface area contributed by atoms with Gasteiger partial charge in [0, 0.05) is 0 Å². The first-order chi connectivity index (χ1) is 8.50. The molecule has 0 saturated carbocycles. The number of aryl methyl sites for hydroxylation is 1. The molecule has 2 rings (SSSR count). The molecule has 0 heterocycles. The van der Waals surface area contributed by atoms with Crippen LogP contribution in [-0.4, -0.2) is 5.11 Å². The average Bonchev–Trinajstić information content (AvgIpc) is 2.35. The maximum Gasteiger partial charge on any atom is 0.142 e. The molecule has 2 aromatic rings. The lowest BCUT2D eigenvalue weighted by Crippen LogP contribution is -2.03. The first kappa shape index (κ1) is 13.1. The minimum atomic E-state index is -0.836. The van der Waals surface area contributed by atoms with Crippen molar-refractivity contribution >= 4 is 11.6 Å². The van der Waals surface area contributed by atoms with Gasteiger partial charge >= 0.3 is 0 Å². The first-order valence-electron chi connectivity index (χ1n) is 5.70. The van der Waals surface area contributed by atoms with E-state index in [4.69, 9.17) is 11.6 Å². The van der Waals surface area contributed by atoms with Crippen LogP contribution in [0.4, 0.5) is 4.39 Å². The van der Waals surface area contributed by atoms with E-state index in [0.717, 1.165) is 16.7 Å².